The lowest BCUT2D eigenvalue weighted by molar-refractivity contribution is -0.384. The predicted octanol–water partition coefficient (Wildman–Crippen LogP) is 2.72. The Kier molecular flexibility index (Phi) is 5.39. The number of rotatable bonds is 5. The monoisotopic (exact) mass is 361 g/mol. The quantitative estimate of drug-likeness (QED) is 0.642. The Hall–Kier alpha value is -2.64. The van der Waals surface area contributed by atoms with Crippen molar-refractivity contribution in [3.05, 3.63) is 28.3 Å². The van der Waals surface area contributed by atoms with Gasteiger partial charge in [0.05, 0.1) is 23.6 Å². The lowest BCUT2D eigenvalue weighted by Gasteiger charge is -2.31. The number of amides is 2. The summed E-state index contributed by atoms with van der Waals surface area (Å²) in [5, 5.41) is 13.7. The van der Waals surface area contributed by atoms with Gasteiger partial charge in [0.15, 0.2) is 0 Å². The van der Waals surface area contributed by atoms with Crippen molar-refractivity contribution in [2.24, 2.45) is 5.92 Å². The SMILES string of the molecule is COc1ccc([N+](=O)[O-])cc1NC(=O)C1CC(=O)N(C2CCCCC2)C1. The van der Waals surface area contributed by atoms with Gasteiger partial charge in [-0.2, -0.15) is 0 Å². The van der Waals surface area contributed by atoms with Gasteiger partial charge in [-0.25, -0.2) is 0 Å². The maximum Gasteiger partial charge on any atom is 0.271 e. The summed E-state index contributed by atoms with van der Waals surface area (Å²) in [6, 6.07) is 4.27. The van der Waals surface area contributed by atoms with E-state index in [1.165, 1.54) is 31.7 Å². The number of nitrogens with one attached hydrogen (secondary N) is 1. The lowest BCUT2D eigenvalue weighted by Crippen LogP contribution is -2.38. The number of nitro benzene ring substituents is 1. The van der Waals surface area contributed by atoms with E-state index in [9.17, 15) is 19.7 Å². The van der Waals surface area contributed by atoms with Crippen LogP contribution >= 0.6 is 0 Å². The van der Waals surface area contributed by atoms with E-state index in [0.717, 1.165) is 25.7 Å². The third-order valence-electron chi connectivity index (χ3n) is 5.20. The third kappa shape index (κ3) is 3.79. The Morgan fingerprint density at radius 2 is 2.04 bits per heavy atom. The second-order valence-electron chi connectivity index (χ2n) is 6.87. The molecule has 1 unspecified atom stereocenters. The number of hydrogen-bond acceptors (Lipinski definition) is 5. The summed E-state index contributed by atoms with van der Waals surface area (Å²) < 4.78 is 5.17. The second kappa shape index (κ2) is 7.72. The fraction of sp³-hybridized carbons (Fsp3) is 0.556. The van der Waals surface area contributed by atoms with E-state index in [2.05, 4.69) is 5.32 Å². The van der Waals surface area contributed by atoms with Crippen LogP contribution in [0, 0.1) is 16.0 Å². The van der Waals surface area contributed by atoms with Crippen molar-refractivity contribution in [3.8, 4) is 5.75 Å². The maximum atomic E-state index is 12.6. The van der Waals surface area contributed by atoms with Crippen LogP contribution in [-0.4, -0.2) is 41.3 Å². The molecule has 1 heterocycles. The van der Waals surface area contributed by atoms with E-state index < -0.39 is 10.8 Å². The fourth-order valence-corrected chi connectivity index (χ4v) is 3.79. The van der Waals surface area contributed by atoms with Crippen LogP contribution in [0.15, 0.2) is 18.2 Å². The molecule has 1 aliphatic carbocycles. The van der Waals surface area contributed by atoms with Crippen LogP contribution in [0.3, 0.4) is 0 Å². The van der Waals surface area contributed by atoms with Gasteiger partial charge < -0.3 is 15.0 Å². The molecule has 8 nitrogen and oxygen atoms in total. The largest absolute Gasteiger partial charge is 0.495 e. The minimum Gasteiger partial charge on any atom is -0.495 e. The number of nitrogens with zero attached hydrogens (tertiary/aromatic N) is 2. The molecule has 2 amide bonds. The minimum atomic E-state index is -0.529. The zero-order valence-electron chi connectivity index (χ0n) is 14.8. The van der Waals surface area contributed by atoms with E-state index >= 15 is 0 Å². The molecule has 3 rings (SSSR count). The van der Waals surface area contributed by atoms with Crippen molar-refractivity contribution in [2.45, 2.75) is 44.6 Å². The molecular weight excluding hydrogens is 338 g/mol. The highest BCUT2D eigenvalue weighted by molar-refractivity contribution is 5.98. The molecule has 140 valence electrons. The summed E-state index contributed by atoms with van der Waals surface area (Å²) in [6.07, 6.45) is 5.62. The molecule has 2 aliphatic rings. The second-order valence-corrected chi connectivity index (χ2v) is 6.87. The van der Waals surface area contributed by atoms with Crippen molar-refractivity contribution in [1.29, 1.82) is 0 Å². The number of methoxy groups -OCH3 is 1. The highest BCUT2D eigenvalue weighted by atomic mass is 16.6. The molecule has 2 fully saturated rings. The van der Waals surface area contributed by atoms with Crippen LogP contribution in [0.4, 0.5) is 11.4 Å². The molecule has 26 heavy (non-hydrogen) atoms. The zero-order valence-corrected chi connectivity index (χ0v) is 14.8. The van der Waals surface area contributed by atoms with E-state index in [0.29, 0.717) is 12.3 Å². The number of likely N-dealkylation sites (tertiary alicyclic amines) is 1. The van der Waals surface area contributed by atoms with E-state index in [4.69, 9.17) is 4.74 Å². The van der Waals surface area contributed by atoms with Crippen LogP contribution in [0.5, 0.6) is 5.75 Å². The normalized spacial score (nSPS) is 20.9. The minimum absolute atomic E-state index is 0.0167. The number of carbonyl (C=O) groups excluding carboxylic acids is 2. The molecule has 0 aromatic heterocycles. The maximum absolute atomic E-state index is 12.6. The third-order valence-corrected chi connectivity index (χ3v) is 5.20. The van der Waals surface area contributed by atoms with E-state index in [1.807, 2.05) is 4.90 Å². The summed E-state index contributed by atoms with van der Waals surface area (Å²) in [6.45, 7) is 0.409. The highest BCUT2D eigenvalue weighted by Gasteiger charge is 2.38. The predicted molar refractivity (Wildman–Crippen MR) is 95.0 cm³/mol. The Labute approximate surface area is 151 Å². The van der Waals surface area contributed by atoms with Crippen molar-refractivity contribution in [3.63, 3.8) is 0 Å². The van der Waals surface area contributed by atoms with Crippen molar-refractivity contribution in [1.82, 2.24) is 4.90 Å². The number of anilines is 1. The van der Waals surface area contributed by atoms with Crippen LogP contribution < -0.4 is 10.1 Å². The first kappa shape index (κ1) is 18.2. The molecule has 1 aromatic carbocycles. The molecule has 0 radical (unpaired) electrons. The number of carbonyl (C=O) groups is 2. The van der Waals surface area contributed by atoms with Crippen LogP contribution in [-0.2, 0) is 9.59 Å². The van der Waals surface area contributed by atoms with Gasteiger partial charge in [0, 0.05) is 31.1 Å². The van der Waals surface area contributed by atoms with Crippen molar-refractivity contribution < 1.29 is 19.2 Å². The van der Waals surface area contributed by atoms with Crippen LogP contribution in [0.2, 0.25) is 0 Å². The molecular formula is C18H23N3O5. The number of nitro groups is 1. The Bertz CT molecular complexity index is 715. The molecule has 1 aromatic rings. The summed E-state index contributed by atoms with van der Waals surface area (Å²) in [5.41, 5.74) is 0.114. The van der Waals surface area contributed by atoms with Crippen molar-refractivity contribution >= 4 is 23.2 Å². The topological polar surface area (TPSA) is 102 Å². The summed E-state index contributed by atoms with van der Waals surface area (Å²) in [7, 11) is 1.43. The molecule has 1 N–H and O–H groups in total. The van der Waals surface area contributed by atoms with Crippen LogP contribution in [0.25, 0.3) is 0 Å². The van der Waals surface area contributed by atoms with Gasteiger partial charge in [-0.05, 0) is 18.9 Å². The Morgan fingerprint density at radius 3 is 2.69 bits per heavy atom. The van der Waals surface area contributed by atoms with Gasteiger partial charge in [-0.15, -0.1) is 0 Å². The number of benzene rings is 1. The lowest BCUT2D eigenvalue weighted by atomic mass is 9.94. The van der Waals surface area contributed by atoms with Crippen LogP contribution in [0.1, 0.15) is 38.5 Å². The molecule has 1 saturated carbocycles. The molecule has 1 atom stereocenters. The Balaban J connectivity index is 1.69. The number of ether oxygens (including phenoxy) is 1. The van der Waals surface area contributed by atoms with Gasteiger partial charge >= 0.3 is 0 Å². The molecule has 8 heteroatoms. The first-order valence-electron chi connectivity index (χ1n) is 8.92. The summed E-state index contributed by atoms with van der Waals surface area (Å²) in [5.74, 6) is -0.399. The molecule has 0 spiro atoms. The van der Waals surface area contributed by atoms with Gasteiger partial charge in [0.2, 0.25) is 11.8 Å². The number of non-ortho nitro benzene ring substituents is 1. The highest BCUT2D eigenvalue weighted by Crippen LogP contribution is 2.32. The number of hydrogen-bond donors (Lipinski definition) is 1. The molecule has 0 bridgehead atoms. The smallest absolute Gasteiger partial charge is 0.271 e. The zero-order chi connectivity index (χ0) is 18.7. The summed E-state index contributed by atoms with van der Waals surface area (Å²) in [4.78, 5) is 37.2. The van der Waals surface area contributed by atoms with Gasteiger partial charge in [0.25, 0.3) is 5.69 Å². The van der Waals surface area contributed by atoms with Crippen molar-refractivity contribution in [2.75, 3.05) is 19.0 Å². The van der Waals surface area contributed by atoms with Gasteiger partial charge in [-0.1, -0.05) is 19.3 Å². The van der Waals surface area contributed by atoms with Gasteiger partial charge in [0.1, 0.15) is 5.75 Å². The average Bonchev–Trinajstić information content (AvgIpc) is 3.04. The van der Waals surface area contributed by atoms with E-state index in [-0.39, 0.29) is 35.7 Å². The average molecular weight is 361 g/mol. The first-order valence-corrected chi connectivity index (χ1v) is 8.92. The van der Waals surface area contributed by atoms with E-state index in [1.54, 1.807) is 0 Å². The first-order chi connectivity index (χ1) is 12.5. The fourth-order valence-electron chi connectivity index (χ4n) is 3.79. The Morgan fingerprint density at radius 1 is 1.31 bits per heavy atom. The summed E-state index contributed by atoms with van der Waals surface area (Å²) >= 11 is 0. The van der Waals surface area contributed by atoms with Gasteiger partial charge in [-0.3, -0.25) is 19.7 Å². The molecule has 1 aliphatic heterocycles. The molecule has 1 saturated heterocycles. The standard InChI is InChI=1S/C18H23N3O5/c1-26-16-8-7-14(21(24)25)10-15(16)19-18(23)12-9-17(22)20(11-12)13-5-3-2-4-6-13/h7-8,10,12-13H,2-6,9,11H2,1H3,(H,19,23).